The molecular weight excluding hydrogens is 214 g/mol. The molecule has 3 atom stereocenters. The van der Waals surface area contributed by atoms with Gasteiger partial charge >= 0.3 is 0 Å². The van der Waals surface area contributed by atoms with Gasteiger partial charge in [-0.25, -0.2) is 0 Å². The summed E-state index contributed by atoms with van der Waals surface area (Å²) in [5, 5.41) is 19.4. The van der Waals surface area contributed by atoms with E-state index in [9.17, 15) is 5.11 Å². The quantitative estimate of drug-likeness (QED) is 0.700. The van der Waals surface area contributed by atoms with E-state index in [1.165, 1.54) is 0 Å². The molecule has 1 saturated heterocycles. The van der Waals surface area contributed by atoms with E-state index in [0.717, 1.165) is 12.8 Å². The zero-order chi connectivity index (χ0) is 12.8. The molecule has 2 rings (SSSR count). The van der Waals surface area contributed by atoms with E-state index in [1.807, 2.05) is 13.8 Å². The third-order valence-corrected chi connectivity index (χ3v) is 4.39. The van der Waals surface area contributed by atoms with Gasteiger partial charge in [-0.15, -0.1) is 0 Å². The van der Waals surface area contributed by atoms with Gasteiger partial charge in [-0.3, -0.25) is 0 Å². The number of aliphatic hydroxyl groups is 1. The van der Waals surface area contributed by atoms with Crippen molar-refractivity contribution in [3.63, 3.8) is 0 Å². The van der Waals surface area contributed by atoms with Crippen LogP contribution in [0.5, 0.6) is 0 Å². The monoisotopic (exact) mass is 235 g/mol. The summed E-state index contributed by atoms with van der Waals surface area (Å²) in [7, 11) is 0. The number of hydrogen-bond donors (Lipinski definition) is 1. The normalized spacial score (nSPS) is 40.6. The molecule has 0 radical (unpaired) electrons. The molecular formula is C14H21NO2. The van der Waals surface area contributed by atoms with Gasteiger partial charge in [0, 0.05) is 5.41 Å². The first-order chi connectivity index (χ1) is 7.81. The van der Waals surface area contributed by atoms with E-state index in [-0.39, 0.29) is 23.4 Å². The van der Waals surface area contributed by atoms with Crippen molar-refractivity contribution in [2.45, 2.75) is 59.2 Å². The van der Waals surface area contributed by atoms with E-state index < -0.39 is 5.41 Å². The zero-order valence-electron chi connectivity index (χ0n) is 11.1. The number of fused-ring (bicyclic) bond motifs is 1. The molecule has 1 heterocycles. The fraction of sp³-hybridized carbons (Fsp3) is 0.786. The van der Waals surface area contributed by atoms with Crippen molar-refractivity contribution in [2.24, 2.45) is 10.8 Å². The van der Waals surface area contributed by atoms with Gasteiger partial charge in [0.15, 0.2) is 0 Å². The molecule has 0 spiro atoms. The minimum atomic E-state index is -0.466. The van der Waals surface area contributed by atoms with Gasteiger partial charge in [0.1, 0.15) is 5.76 Å². The van der Waals surface area contributed by atoms with E-state index >= 15 is 0 Å². The van der Waals surface area contributed by atoms with Crippen LogP contribution < -0.4 is 0 Å². The highest BCUT2D eigenvalue weighted by Gasteiger charge is 2.53. The molecule has 1 aliphatic heterocycles. The first kappa shape index (κ1) is 12.4. The molecule has 0 aromatic rings. The average Bonchev–Trinajstić information content (AvgIpc) is 2.27. The number of hydrogen-bond acceptors (Lipinski definition) is 3. The highest BCUT2D eigenvalue weighted by Crippen LogP contribution is 2.54. The summed E-state index contributed by atoms with van der Waals surface area (Å²) in [6.45, 7) is 8.20. The highest BCUT2D eigenvalue weighted by atomic mass is 16.5. The summed E-state index contributed by atoms with van der Waals surface area (Å²) in [5.74, 6) is 0.219. The third kappa shape index (κ3) is 1.75. The fourth-order valence-corrected chi connectivity index (χ4v) is 3.44. The van der Waals surface area contributed by atoms with Crippen molar-refractivity contribution >= 4 is 0 Å². The van der Waals surface area contributed by atoms with Crippen LogP contribution in [-0.4, -0.2) is 17.3 Å². The smallest absolute Gasteiger partial charge is 0.114 e. The van der Waals surface area contributed by atoms with E-state index in [0.29, 0.717) is 12.0 Å². The Balaban J connectivity index is 2.47. The predicted octanol–water partition coefficient (Wildman–Crippen LogP) is 3.33. The van der Waals surface area contributed by atoms with Crippen molar-refractivity contribution in [3.05, 3.63) is 11.3 Å². The SMILES string of the molecule is CC1CCC2(C)CC(C#N)=C(O)C(C)(C)C2O1. The van der Waals surface area contributed by atoms with Gasteiger partial charge in [0.2, 0.25) is 0 Å². The van der Waals surface area contributed by atoms with Crippen LogP contribution in [0.2, 0.25) is 0 Å². The van der Waals surface area contributed by atoms with Gasteiger partial charge in [0.25, 0.3) is 0 Å². The number of ether oxygens (including phenoxy) is 1. The van der Waals surface area contributed by atoms with Crippen LogP contribution in [-0.2, 0) is 4.74 Å². The lowest BCUT2D eigenvalue weighted by Gasteiger charge is -2.53. The molecule has 1 fully saturated rings. The Morgan fingerprint density at radius 1 is 1.41 bits per heavy atom. The maximum Gasteiger partial charge on any atom is 0.114 e. The molecule has 0 bridgehead atoms. The molecule has 2 aliphatic rings. The van der Waals surface area contributed by atoms with E-state index in [2.05, 4.69) is 19.9 Å². The lowest BCUT2D eigenvalue weighted by Crippen LogP contribution is -2.53. The Labute approximate surface area is 103 Å². The first-order valence-electron chi connectivity index (χ1n) is 6.29. The van der Waals surface area contributed by atoms with Crippen molar-refractivity contribution in [3.8, 4) is 6.07 Å². The molecule has 1 N–H and O–H groups in total. The van der Waals surface area contributed by atoms with E-state index in [1.54, 1.807) is 0 Å². The van der Waals surface area contributed by atoms with Gasteiger partial charge in [-0.1, -0.05) is 20.8 Å². The lowest BCUT2D eigenvalue weighted by atomic mass is 9.59. The molecule has 0 amide bonds. The molecule has 0 saturated carbocycles. The Morgan fingerprint density at radius 2 is 2.06 bits per heavy atom. The van der Waals surface area contributed by atoms with Gasteiger partial charge in [0.05, 0.1) is 23.9 Å². The summed E-state index contributed by atoms with van der Waals surface area (Å²) in [5.41, 5.74) is 0.0481. The Kier molecular flexibility index (Phi) is 2.74. The van der Waals surface area contributed by atoms with Crippen molar-refractivity contribution in [2.75, 3.05) is 0 Å². The van der Waals surface area contributed by atoms with Crippen LogP contribution in [0.4, 0.5) is 0 Å². The Hall–Kier alpha value is -1.01. The maximum absolute atomic E-state index is 10.2. The van der Waals surface area contributed by atoms with Crippen LogP contribution in [0.15, 0.2) is 11.3 Å². The lowest BCUT2D eigenvalue weighted by molar-refractivity contribution is -0.170. The third-order valence-electron chi connectivity index (χ3n) is 4.39. The van der Waals surface area contributed by atoms with Crippen molar-refractivity contribution in [1.29, 1.82) is 5.26 Å². The summed E-state index contributed by atoms with van der Waals surface area (Å²) < 4.78 is 6.07. The zero-order valence-corrected chi connectivity index (χ0v) is 11.1. The predicted molar refractivity (Wildman–Crippen MR) is 65.3 cm³/mol. The minimum Gasteiger partial charge on any atom is -0.511 e. The maximum atomic E-state index is 10.2. The molecule has 17 heavy (non-hydrogen) atoms. The minimum absolute atomic E-state index is 0.00384. The average molecular weight is 235 g/mol. The summed E-state index contributed by atoms with van der Waals surface area (Å²) in [4.78, 5) is 0. The molecule has 3 heteroatoms. The van der Waals surface area contributed by atoms with Crippen LogP contribution >= 0.6 is 0 Å². The first-order valence-corrected chi connectivity index (χ1v) is 6.29. The number of aliphatic hydroxyl groups excluding tert-OH is 1. The number of nitrogens with zero attached hydrogens (tertiary/aromatic N) is 1. The molecule has 1 aliphatic carbocycles. The fourth-order valence-electron chi connectivity index (χ4n) is 3.44. The number of nitriles is 1. The second-order valence-electron chi connectivity index (χ2n) is 6.36. The largest absolute Gasteiger partial charge is 0.511 e. The van der Waals surface area contributed by atoms with Crippen LogP contribution in [0, 0.1) is 22.2 Å². The van der Waals surface area contributed by atoms with Crippen molar-refractivity contribution < 1.29 is 9.84 Å². The van der Waals surface area contributed by atoms with Crippen LogP contribution in [0.3, 0.4) is 0 Å². The Morgan fingerprint density at radius 3 is 2.65 bits per heavy atom. The molecule has 94 valence electrons. The summed E-state index contributed by atoms with van der Waals surface area (Å²) in [6.07, 6.45) is 2.96. The number of allylic oxidation sites excluding steroid dienone is 1. The molecule has 0 aromatic heterocycles. The second-order valence-corrected chi connectivity index (χ2v) is 6.36. The van der Waals surface area contributed by atoms with Gasteiger partial charge in [-0.05, 0) is 31.6 Å². The van der Waals surface area contributed by atoms with Crippen molar-refractivity contribution in [1.82, 2.24) is 0 Å². The van der Waals surface area contributed by atoms with E-state index in [4.69, 9.17) is 10.00 Å². The van der Waals surface area contributed by atoms with Gasteiger partial charge < -0.3 is 9.84 Å². The molecule has 3 nitrogen and oxygen atoms in total. The summed E-state index contributed by atoms with van der Waals surface area (Å²) in [6, 6.07) is 2.15. The second kappa shape index (κ2) is 3.74. The standard InChI is InChI=1S/C14H21NO2/c1-9-5-6-14(4)7-10(8-15)11(16)13(2,3)12(14)17-9/h9,12,16H,5-7H2,1-4H3. The van der Waals surface area contributed by atoms with Crippen LogP contribution in [0.1, 0.15) is 47.0 Å². The Bertz CT molecular complexity index is 405. The summed E-state index contributed by atoms with van der Waals surface area (Å²) >= 11 is 0. The number of rotatable bonds is 0. The topological polar surface area (TPSA) is 53.2 Å². The molecule has 3 unspecified atom stereocenters. The van der Waals surface area contributed by atoms with Gasteiger partial charge in [-0.2, -0.15) is 5.26 Å². The highest BCUT2D eigenvalue weighted by molar-refractivity contribution is 5.34. The van der Waals surface area contributed by atoms with Crippen LogP contribution in [0.25, 0.3) is 0 Å². The molecule has 0 aromatic carbocycles.